The number of piperidine rings is 1. The first-order chi connectivity index (χ1) is 11.5. The van der Waals surface area contributed by atoms with Crippen LogP contribution in [0.25, 0.3) is 0 Å². The van der Waals surface area contributed by atoms with Gasteiger partial charge in [-0.05, 0) is 45.1 Å². The molecule has 2 rings (SSSR count). The molecule has 0 aliphatic carbocycles. The molecule has 1 N–H and O–H groups in total. The smallest absolute Gasteiger partial charge is 0.317 e. The number of carbonyl (C=O) groups is 1. The fourth-order valence-corrected chi connectivity index (χ4v) is 3.29. The summed E-state index contributed by atoms with van der Waals surface area (Å²) in [4.78, 5) is 23.0. The van der Waals surface area contributed by atoms with Crippen molar-refractivity contribution in [1.82, 2.24) is 20.2 Å². The molecule has 1 fully saturated rings. The number of aryl methyl sites for hydroxylation is 1. The van der Waals surface area contributed by atoms with Crippen LogP contribution in [0.1, 0.15) is 70.3 Å². The summed E-state index contributed by atoms with van der Waals surface area (Å²) in [6, 6.07) is 2.34. The zero-order chi connectivity index (χ0) is 17.5. The standard InChI is InChI=1S/C19H32N4O/c1-14(2)6-5-7-15(3)21-19(24)23-12-9-17(10-13-23)18-8-11-20-16(4)22-18/h8,11,14-15,17H,5-7,9-10,12-13H2,1-4H3,(H,21,24)/t15-/m1/s1. The van der Waals surface area contributed by atoms with Crippen molar-refractivity contribution >= 4 is 6.03 Å². The van der Waals surface area contributed by atoms with Crippen molar-refractivity contribution in [3.8, 4) is 0 Å². The van der Waals surface area contributed by atoms with Gasteiger partial charge in [0.05, 0.1) is 0 Å². The van der Waals surface area contributed by atoms with Gasteiger partial charge in [-0.3, -0.25) is 0 Å². The largest absolute Gasteiger partial charge is 0.336 e. The van der Waals surface area contributed by atoms with Crippen LogP contribution in [-0.4, -0.2) is 40.0 Å². The van der Waals surface area contributed by atoms with Crippen LogP contribution in [-0.2, 0) is 0 Å². The second-order valence-corrected chi connectivity index (χ2v) is 7.47. The van der Waals surface area contributed by atoms with Crippen LogP contribution in [0.4, 0.5) is 4.79 Å². The van der Waals surface area contributed by atoms with E-state index in [0.29, 0.717) is 5.92 Å². The number of hydrogen-bond donors (Lipinski definition) is 1. The van der Waals surface area contributed by atoms with Gasteiger partial charge in [0, 0.05) is 36.9 Å². The predicted molar refractivity (Wildman–Crippen MR) is 97.0 cm³/mol. The minimum atomic E-state index is 0.0874. The maximum Gasteiger partial charge on any atom is 0.317 e. The average Bonchev–Trinajstić information content (AvgIpc) is 2.54. The molecule has 5 heteroatoms. The molecular weight excluding hydrogens is 300 g/mol. The summed E-state index contributed by atoms with van der Waals surface area (Å²) in [6.45, 7) is 10.1. The van der Waals surface area contributed by atoms with Crippen molar-refractivity contribution in [3.05, 3.63) is 23.8 Å². The number of likely N-dealkylation sites (tertiary alicyclic amines) is 1. The summed E-state index contributed by atoms with van der Waals surface area (Å²) >= 11 is 0. The topological polar surface area (TPSA) is 58.1 Å². The van der Waals surface area contributed by atoms with E-state index in [9.17, 15) is 4.79 Å². The van der Waals surface area contributed by atoms with Gasteiger partial charge in [-0.2, -0.15) is 0 Å². The first-order valence-electron chi connectivity index (χ1n) is 9.30. The van der Waals surface area contributed by atoms with Crippen molar-refractivity contribution in [2.45, 2.75) is 71.8 Å². The summed E-state index contributed by atoms with van der Waals surface area (Å²) in [5.74, 6) is 2.00. The zero-order valence-corrected chi connectivity index (χ0v) is 15.6. The van der Waals surface area contributed by atoms with E-state index >= 15 is 0 Å². The number of nitrogens with zero attached hydrogens (tertiary/aromatic N) is 3. The fourth-order valence-electron chi connectivity index (χ4n) is 3.29. The first kappa shape index (κ1) is 18.7. The van der Waals surface area contributed by atoms with E-state index in [4.69, 9.17) is 0 Å². The van der Waals surface area contributed by atoms with Crippen molar-refractivity contribution in [3.63, 3.8) is 0 Å². The van der Waals surface area contributed by atoms with Gasteiger partial charge in [0.2, 0.25) is 0 Å². The Morgan fingerprint density at radius 1 is 1.29 bits per heavy atom. The van der Waals surface area contributed by atoms with Crippen molar-refractivity contribution in [2.24, 2.45) is 5.92 Å². The third-order valence-electron chi connectivity index (χ3n) is 4.79. The van der Waals surface area contributed by atoms with Gasteiger partial charge in [-0.15, -0.1) is 0 Å². The molecule has 1 aliphatic rings. The molecule has 0 spiro atoms. The van der Waals surface area contributed by atoms with E-state index in [0.717, 1.165) is 49.8 Å². The van der Waals surface area contributed by atoms with E-state index in [1.165, 1.54) is 12.8 Å². The highest BCUT2D eigenvalue weighted by Gasteiger charge is 2.25. The Balaban J connectivity index is 1.74. The molecular formula is C19H32N4O. The zero-order valence-electron chi connectivity index (χ0n) is 15.6. The second-order valence-electron chi connectivity index (χ2n) is 7.47. The number of amides is 2. The van der Waals surface area contributed by atoms with Crippen molar-refractivity contribution in [1.29, 1.82) is 0 Å². The third-order valence-corrected chi connectivity index (χ3v) is 4.79. The Morgan fingerprint density at radius 2 is 2.00 bits per heavy atom. The van der Waals surface area contributed by atoms with Crippen molar-refractivity contribution in [2.75, 3.05) is 13.1 Å². The fraction of sp³-hybridized carbons (Fsp3) is 0.737. The molecule has 2 heterocycles. The Morgan fingerprint density at radius 3 is 2.62 bits per heavy atom. The molecule has 0 unspecified atom stereocenters. The van der Waals surface area contributed by atoms with Crippen LogP contribution >= 0.6 is 0 Å². The maximum atomic E-state index is 12.4. The Bertz CT molecular complexity index is 524. The second kappa shape index (κ2) is 9.00. The molecule has 1 atom stereocenters. The van der Waals surface area contributed by atoms with E-state index in [1.807, 2.05) is 24.1 Å². The molecule has 0 saturated carbocycles. The maximum absolute atomic E-state index is 12.4. The molecule has 24 heavy (non-hydrogen) atoms. The average molecular weight is 332 g/mol. The molecule has 0 bridgehead atoms. The van der Waals surface area contributed by atoms with E-state index < -0.39 is 0 Å². The van der Waals surface area contributed by atoms with Crippen LogP contribution in [0.3, 0.4) is 0 Å². The summed E-state index contributed by atoms with van der Waals surface area (Å²) in [5.41, 5.74) is 1.12. The lowest BCUT2D eigenvalue weighted by atomic mass is 9.93. The lowest BCUT2D eigenvalue weighted by Gasteiger charge is -2.32. The third kappa shape index (κ3) is 5.77. The lowest BCUT2D eigenvalue weighted by Crippen LogP contribution is -2.47. The molecule has 1 saturated heterocycles. The molecule has 134 valence electrons. The monoisotopic (exact) mass is 332 g/mol. The van der Waals surface area contributed by atoms with Gasteiger partial charge in [0.1, 0.15) is 5.82 Å². The van der Waals surface area contributed by atoms with Gasteiger partial charge in [-0.1, -0.05) is 26.7 Å². The van der Waals surface area contributed by atoms with Crippen LogP contribution in [0, 0.1) is 12.8 Å². The summed E-state index contributed by atoms with van der Waals surface area (Å²) < 4.78 is 0. The molecule has 1 aromatic rings. The van der Waals surface area contributed by atoms with Gasteiger partial charge in [-0.25, -0.2) is 14.8 Å². The number of hydrogen-bond acceptors (Lipinski definition) is 3. The number of rotatable bonds is 6. The van der Waals surface area contributed by atoms with Gasteiger partial charge in [0.15, 0.2) is 0 Å². The summed E-state index contributed by atoms with van der Waals surface area (Å²) in [6.07, 6.45) is 7.24. The first-order valence-corrected chi connectivity index (χ1v) is 9.30. The quantitative estimate of drug-likeness (QED) is 0.860. The van der Waals surface area contributed by atoms with Gasteiger partial charge >= 0.3 is 6.03 Å². The highest BCUT2D eigenvalue weighted by atomic mass is 16.2. The molecule has 1 aromatic heterocycles. The molecule has 5 nitrogen and oxygen atoms in total. The Hall–Kier alpha value is -1.65. The van der Waals surface area contributed by atoms with Crippen LogP contribution in [0.2, 0.25) is 0 Å². The van der Waals surface area contributed by atoms with E-state index in [1.54, 1.807) is 0 Å². The van der Waals surface area contributed by atoms with Crippen molar-refractivity contribution < 1.29 is 4.79 Å². The van der Waals surface area contributed by atoms with Gasteiger partial charge < -0.3 is 10.2 Å². The summed E-state index contributed by atoms with van der Waals surface area (Å²) in [7, 11) is 0. The molecule has 0 aromatic carbocycles. The van der Waals surface area contributed by atoms with Crippen LogP contribution in [0.5, 0.6) is 0 Å². The SMILES string of the molecule is Cc1nccc(C2CCN(C(=O)N[C@H](C)CCCC(C)C)CC2)n1. The Kier molecular flexibility index (Phi) is 7.00. The number of aromatic nitrogens is 2. The van der Waals surface area contributed by atoms with Crippen LogP contribution in [0.15, 0.2) is 12.3 Å². The molecule has 2 amide bonds. The lowest BCUT2D eigenvalue weighted by molar-refractivity contribution is 0.177. The normalized spacial score (nSPS) is 17.1. The Labute approximate surface area is 146 Å². The number of urea groups is 1. The van der Waals surface area contributed by atoms with E-state index in [-0.39, 0.29) is 12.1 Å². The van der Waals surface area contributed by atoms with E-state index in [2.05, 4.69) is 36.1 Å². The number of carbonyl (C=O) groups excluding carboxylic acids is 1. The minimum Gasteiger partial charge on any atom is -0.336 e. The van der Waals surface area contributed by atoms with Crippen LogP contribution < -0.4 is 5.32 Å². The minimum absolute atomic E-state index is 0.0874. The highest BCUT2D eigenvalue weighted by molar-refractivity contribution is 5.74. The number of nitrogens with one attached hydrogen (secondary N) is 1. The predicted octanol–water partition coefficient (Wildman–Crippen LogP) is 3.89. The van der Waals surface area contributed by atoms with Gasteiger partial charge in [0.25, 0.3) is 0 Å². The summed E-state index contributed by atoms with van der Waals surface area (Å²) in [5, 5.41) is 3.15. The molecule has 1 aliphatic heterocycles. The molecule has 0 radical (unpaired) electrons. The highest BCUT2D eigenvalue weighted by Crippen LogP contribution is 2.26.